The number of cyclic esters (lactones) is 1. The van der Waals surface area contributed by atoms with E-state index >= 15 is 0 Å². The fourth-order valence-corrected chi connectivity index (χ4v) is 3.47. The number of methoxy groups -OCH3 is 1. The van der Waals surface area contributed by atoms with Crippen molar-refractivity contribution >= 4 is 12.0 Å². The Hall–Kier alpha value is -3.05. The number of benzene rings is 2. The number of esters is 1. The van der Waals surface area contributed by atoms with Crippen molar-refractivity contribution in [3.05, 3.63) is 66.3 Å². The highest BCUT2D eigenvalue weighted by Gasteiger charge is 2.28. The van der Waals surface area contributed by atoms with E-state index in [1.807, 2.05) is 31.2 Å². The van der Waals surface area contributed by atoms with Gasteiger partial charge in [0.15, 0.2) is 11.5 Å². The molecule has 0 saturated heterocycles. The second-order valence-electron chi connectivity index (χ2n) is 7.43. The van der Waals surface area contributed by atoms with E-state index in [2.05, 4.69) is 13.2 Å². The fraction of sp³-hybridized carbons (Fsp3) is 0.292. The number of aliphatic hydroxyl groups is 1. The zero-order valence-corrected chi connectivity index (χ0v) is 16.9. The second kappa shape index (κ2) is 8.53. The molecule has 2 aromatic rings. The summed E-state index contributed by atoms with van der Waals surface area (Å²) in [6.45, 7) is 10.0. The summed E-state index contributed by atoms with van der Waals surface area (Å²) in [5.41, 5.74) is 3.35. The van der Waals surface area contributed by atoms with Gasteiger partial charge in [-0.15, -0.1) is 6.58 Å². The van der Waals surface area contributed by atoms with Crippen molar-refractivity contribution in [3.8, 4) is 22.6 Å². The molecule has 0 radical (unpaired) electrons. The molecule has 0 saturated carbocycles. The first kappa shape index (κ1) is 20.7. The van der Waals surface area contributed by atoms with Crippen molar-refractivity contribution < 1.29 is 24.1 Å². The molecule has 29 heavy (non-hydrogen) atoms. The Kier molecular flexibility index (Phi) is 6.09. The molecule has 0 spiro atoms. The molecule has 0 amide bonds. The first-order valence-corrected chi connectivity index (χ1v) is 9.45. The van der Waals surface area contributed by atoms with Crippen molar-refractivity contribution in [2.45, 2.75) is 20.0 Å². The third kappa shape index (κ3) is 3.91. The summed E-state index contributed by atoms with van der Waals surface area (Å²) in [6, 6.07) is 9.35. The maximum Gasteiger partial charge on any atom is 0.338 e. The lowest BCUT2D eigenvalue weighted by molar-refractivity contribution is 0.0535. The molecule has 2 aromatic carbocycles. The lowest BCUT2D eigenvalue weighted by Gasteiger charge is -2.27. The lowest BCUT2D eigenvalue weighted by Crippen LogP contribution is -2.29. The van der Waals surface area contributed by atoms with E-state index in [-0.39, 0.29) is 25.8 Å². The summed E-state index contributed by atoms with van der Waals surface area (Å²) in [6.07, 6.45) is 4.07. The van der Waals surface area contributed by atoms with Crippen molar-refractivity contribution in [1.29, 1.82) is 0 Å². The minimum Gasteiger partial charge on any atom is -0.492 e. The Morgan fingerprint density at radius 1 is 1.17 bits per heavy atom. The molecule has 1 aliphatic rings. The number of hydrogen-bond donors (Lipinski definition) is 1. The number of fused-ring (bicyclic) bond motifs is 1. The van der Waals surface area contributed by atoms with Crippen LogP contribution in [-0.4, -0.2) is 31.4 Å². The van der Waals surface area contributed by atoms with E-state index in [9.17, 15) is 9.90 Å². The summed E-state index contributed by atoms with van der Waals surface area (Å²) in [4.78, 5) is 12.0. The normalized spacial score (nSPS) is 14.5. The van der Waals surface area contributed by atoms with Crippen LogP contribution in [0.2, 0.25) is 0 Å². The van der Waals surface area contributed by atoms with Crippen LogP contribution in [0.3, 0.4) is 0 Å². The fourth-order valence-electron chi connectivity index (χ4n) is 3.47. The van der Waals surface area contributed by atoms with Crippen LogP contribution < -0.4 is 9.47 Å². The number of ether oxygens (including phenoxy) is 3. The maximum atomic E-state index is 12.0. The van der Waals surface area contributed by atoms with E-state index in [4.69, 9.17) is 14.2 Å². The SMILES string of the molecule is C=CCC(C)(CO)COc1c(-c2cccc3c2COC3=O)ccc(C=C)c1OC. The molecule has 5 heteroatoms. The third-order valence-corrected chi connectivity index (χ3v) is 5.18. The van der Waals surface area contributed by atoms with Gasteiger partial charge in [-0.2, -0.15) is 0 Å². The molecule has 152 valence electrons. The molecular weight excluding hydrogens is 368 g/mol. The van der Waals surface area contributed by atoms with Gasteiger partial charge in [0.25, 0.3) is 0 Å². The van der Waals surface area contributed by atoms with E-state index < -0.39 is 5.41 Å². The highest BCUT2D eigenvalue weighted by molar-refractivity contribution is 5.96. The summed E-state index contributed by atoms with van der Waals surface area (Å²) in [5, 5.41) is 9.83. The van der Waals surface area contributed by atoms with Crippen LogP contribution >= 0.6 is 0 Å². The Bertz CT molecular complexity index is 947. The Morgan fingerprint density at radius 3 is 2.59 bits per heavy atom. The molecule has 0 fully saturated rings. The first-order valence-electron chi connectivity index (χ1n) is 9.45. The van der Waals surface area contributed by atoms with E-state index in [0.29, 0.717) is 23.5 Å². The number of carbonyl (C=O) groups excluding carboxylic acids is 1. The van der Waals surface area contributed by atoms with Gasteiger partial charge in [-0.1, -0.05) is 43.9 Å². The molecule has 0 aromatic heterocycles. The van der Waals surface area contributed by atoms with Crippen LogP contribution in [0, 0.1) is 5.41 Å². The molecule has 1 aliphatic heterocycles. The summed E-state index contributed by atoms with van der Waals surface area (Å²) < 4.78 is 17.1. The summed E-state index contributed by atoms with van der Waals surface area (Å²) >= 11 is 0. The topological polar surface area (TPSA) is 65.0 Å². The molecule has 3 rings (SSSR count). The van der Waals surface area contributed by atoms with Crippen molar-refractivity contribution in [2.24, 2.45) is 5.41 Å². The monoisotopic (exact) mass is 394 g/mol. The molecule has 0 aliphatic carbocycles. The Labute approximate surface area is 171 Å². The zero-order chi connectivity index (χ0) is 21.0. The third-order valence-electron chi connectivity index (χ3n) is 5.18. The van der Waals surface area contributed by atoms with E-state index in [0.717, 1.165) is 22.3 Å². The molecule has 0 bridgehead atoms. The van der Waals surface area contributed by atoms with Gasteiger partial charge in [-0.3, -0.25) is 0 Å². The molecule has 1 atom stereocenters. The summed E-state index contributed by atoms with van der Waals surface area (Å²) in [7, 11) is 1.58. The lowest BCUT2D eigenvalue weighted by atomic mass is 9.89. The van der Waals surface area contributed by atoms with E-state index in [1.165, 1.54) is 0 Å². The standard InChI is InChI=1S/C24H26O5/c1-5-12-24(3,14-25)15-29-22-18(11-10-16(6-2)21(22)27-4)17-8-7-9-19-20(17)13-28-23(19)26/h5-11,25H,1-2,12-15H2,3-4H3. The zero-order valence-electron chi connectivity index (χ0n) is 16.9. The smallest absolute Gasteiger partial charge is 0.338 e. The number of hydrogen-bond acceptors (Lipinski definition) is 5. The summed E-state index contributed by atoms with van der Waals surface area (Å²) in [5.74, 6) is 0.776. The molecule has 1 N–H and O–H groups in total. The van der Waals surface area contributed by atoms with E-state index in [1.54, 1.807) is 25.3 Å². The quantitative estimate of drug-likeness (QED) is 0.496. The second-order valence-corrected chi connectivity index (χ2v) is 7.43. The number of carbonyl (C=O) groups is 1. The van der Waals surface area contributed by atoms with Crippen LogP contribution in [0.25, 0.3) is 17.2 Å². The highest BCUT2D eigenvalue weighted by atomic mass is 16.5. The highest BCUT2D eigenvalue weighted by Crippen LogP contribution is 2.44. The van der Waals surface area contributed by atoms with Crippen molar-refractivity contribution in [3.63, 3.8) is 0 Å². The predicted octanol–water partition coefficient (Wildman–Crippen LogP) is 4.63. The number of rotatable bonds is 9. The number of aliphatic hydroxyl groups excluding tert-OH is 1. The average molecular weight is 394 g/mol. The minimum absolute atomic E-state index is 0.0408. The van der Waals surface area contributed by atoms with Crippen LogP contribution in [-0.2, 0) is 11.3 Å². The van der Waals surface area contributed by atoms with Gasteiger partial charge in [-0.25, -0.2) is 4.79 Å². The van der Waals surface area contributed by atoms with Crippen LogP contribution in [0.15, 0.2) is 49.6 Å². The molecular formula is C24H26O5. The molecule has 1 heterocycles. The largest absolute Gasteiger partial charge is 0.492 e. The predicted molar refractivity (Wildman–Crippen MR) is 113 cm³/mol. The van der Waals surface area contributed by atoms with Crippen molar-refractivity contribution in [2.75, 3.05) is 20.3 Å². The van der Waals surface area contributed by atoms with Crippen molar-refractivity contribution in [1.82, 2.24) is 0 Å². The van der Waals surface area contributed by atoms with Gasteiger partial charge in [0.2, 0.25) is 0 Å². The molecule has 1 unspecified atom stereocenters. The van der Waals surface area contributed by atoms with Gasteiger partial charge < -0.3 is 19.3 Å². The van der Waals surface area contributed by atoms with Crippen LogP contribution in [0.5, 0.6) is 11.5 Å². The average Bonchev–Trinajstić information content (AvgIpc) is 3.12. The van der Waals surface area contributed by atoms with Gasteiger partial charge in [-0.05, 0) is 24.1 Å². The van der Waals surface area contributed by atoms with Crippen LogP contribution in [0.4, 0.5) is 0 Å². The van der Waals surface area contributed by atoms with Gasteiger partial charge in [0.05, 0.1) is 25.9 Å². The first-order chi connectivity index (χ1) is 14.0. The van der Waals surface area contributed by atoms with Gasteiger partial charge >= 0.3 is 5.97 Å². The minimum atomic E-state index is -0.480. The maximum absolute atomic E-state index is 12.0. The number of allylic oxidation sites excluding steroid dienone is 1. The van der Waals surface area contributed by atoms with Gasteiger partial charge in [0.1, 0.15) is 6.61 Å². The molecule has 5 nitrogen and oxygen atoms in total. The van der Waals surface area contributed by atoms with Crippen LogP contribution in [0.1, 0.15) is 34.8 Å². The Morgan fingerprint density at radius 2 is 1.93 bits per heavy atom. The van der Waals surface area contributed by atoms with Gasteiger partial charge in [0, 0.05) is 22.1 Å². The Balaban J connectivity index is 2.13.